The second-order valence-corrected chi connectivity index (χ2v) is 3.47. The van der Waals surface area contributed by atoms with Gasteiger partial charge in [-0.15, -0.1) is 0 Å². The lowest BCUT2D eigenvalue weighted by atomic mass is 10.2. The van der Waals surface area contributed by atoms with Gasteiger partial charge in [-0.2, -0.15) is 0 Å². The summed E-state index contributed by atoms with van der Waals surface area (Å²) in [4.78, 5) is 11.4. The van der Waals surface area contributed by atoms with Gasteiger partial charge < -0.3 is 17.2 Å². The third-order valence-electron chi connectivity index (χ3n) is 1.70. The molecule has 0 aliphatic heterocycles. The van der Waals surface area contributed by atoms with E-state index in [1.54, 1.807) is 12.1 Å². The third kappa shape index (κ3) is 14.6. The number of nitrogens with one attached hydrogen (secondary N) is 1. The van der Waals surface area contributed by atoms with E-state index in [2.05, 4.69) is 19.2 Å². The van der Waals surface area contributed by atoms with E-state index in [1.165, 1.54) is 6.42 Å². The first-order valence-electron chi connectivity index (χ1n) is 6.79. The minimum absolute atomic E-state index is 0. The number of benzene rings is 1. The predicted octanol–water partition coefficient (Wildman–Crippen LogP) is 3.86. The van der Waals surface area contributed by atoms with Gasteiger partial charge in [0.25, 0.3) is 5.91 Å². The Morgan fingerprint density at radius 3 is 2.11 bits per heavy atom. The highest BCUT2D eigenvalue weighted by Gasteiger charge is 2.01. The smallest absolute Gasteiger partial charge is 0.251 e. The van der Waals surface area contributed by atoms with Crippen LogP contribution in [0.3, 0.4) is 0 Å². The molecule has 1 amide bonds. The molecule has 0 aliphatic rings. The maximum atomic E-state index is 11.4. The maximum absolute atomic E-state index is 11.4. The molecule has 4 heteroatoms. The molecule has 1 aromatic rings. The number of amides is 1. The second-order valence-electron chi connectivity index (χ2n) is 3.47. The normalized spacial score (nSPS) is 7.84. The fourth-order valence-electron chi connectivity index (χ4n) is 0.996. The fraction of sp³-hybridized carbons (Fsp3) is 0.533. The van der Waals surface area contributed by atoms with Gasteiger partial charge in [-0.25, -0.2) is 0 Å². The van der Waals surface area contributed by atoms with Crippen LogP contribution in [0.25, 0.3) is 0 Å². The Hall–Kier alpha value is -1.39. The highest BCUT2D eigenvalue weighted by molar-refractivity contribution is 5.94. The molecule has 0 radical (unpaired) electrons. The zero-order valence-electron chi connectivity index (χ0n) is 12.9. The Kier molecular flexibility index (Phi) is 22.7. The van der Waals surface area contributed by atoms with E-state index < -0.39 is 0 Å². The summed E-state index contributed by atoms with van der Waals surface area (Å²) in [5.41, 5.74) is 6.00. The van der Waals surface area contributed by atoms with Crippen LogP contribution < -0.4 is 17.2 Å². The number of nitrogens with two attached hydrogens (primary N) is 1. The van der Waals surface area contributed by atoms with Crippen LogP contribution in [-0.2, 0) is 0 Å². The lowest BCUT2D eigenvalue weighted by molar-refractivity contribution is 0.0953. The van der Waals surface area contributed by atoms with Gasteiger partial charge in [0.1, 0.15) is 0 Å². The van der Waals surface area contributed by atoms with Crippen molar-refractivity contribution in [2.75, 3.05) is 13.1 Å². The molecule has 0 unspecified atom stereocenters. The summed E-state index contributed by atoms with van der Waals surface area (Å²) in [6, 6.07) is 9.15. The lowest BCUT2D eigenvalue weighted by Gasteiger charge is -2.02. The monoisotopic (exact) mass is 273 g/mol. The largest absolute Gasteiger partial charge is 0.352 e. The highest BCUT2D eigenvalue weighted by atomic mass is 16.1. The van der Waals surface area contributed by atoms with E-state index in [9.17, 15) is 4.79 Å². The van der Waals surface area contributed by atoms with Crippen molar-refractivity contribution in [1.82, 2.24) is 11.5 Å². The zero-order valence-corrected chi connectivity index (χ0v) is 12.9. The first-order valence-corrected chi connectivity index (χ1v) is 6.79. The minimum Gasteiger partial charge on any atom is -0.352 e. The topological polar surface area (TPSA) is 90.1 Å². The molecule has 6 N–H and O–H groups in total. The molecule has 1 rings (SSSR count). The second kappa shape index (κ2) is 19.0. The van der Waals surface area contributed by atoms with E-state index in [0.29, 0.717) is 18.7 Å². The Morgan fingerprint density at radius 1 is 1.21 bits per heavy atom. The molecule has 0 saturated heterocycles. The van der Waals surface area contributed by atoms with E-state index in [4.69, 9.17) is 5.73 Å². The molecular weight excluding hydrogens is 238 g/mol. The summed E-state index contributed by atoms with van der Waals surface area (Å²) in [6.07, 6.45) is 2.07. The molecule has 116 valence electrons. The number of carbonyl (C=O) groups excluding carboxylic acids is 1. The highest BCUT2D eigenvalue weighted by Crippen LogP contribution is 1.97. The molecule has 19 heavy (non-hydrogen) atoms. The number of rotatable bonds is 4. The molecule has 4 nitrogen and oxygen atoms in total. The van der Waals surface area contributed by atoms with Crippen LogP contribution in [0.4, 0.5) is 0 Å². The van der Waals surface area contributed by atoms with Gasteiger partial charge >= 0.3 is 0 Å². The molecule has 0 bridgehead atoms. The van der Waals surface area contributed by atoms with Crippen LogP contribution in [0.15, 0.2) is 30.3 Å². The van der Waals surface area contributed by atoms with Crippen molar-refractivity contribution < 1.29 is 7.65 Å². The third-order valence-corrected chi connectivity index (χ3v) is 1.70. The summed E-state index contributed by atoms with van der Waals surface area (Å²) >= 11 is 0. The summed E-state index contributed by atoms with van der Waals surface area (Å²) in [7, 11) is 0. The van der Waals surface area contributed by atoms with Crippen molar-refractivity contribution in [1.29, 1.82) is 0 Å². The van der Waals surface area contributed by atoms with Gasteiger partial charge in [0.15, 0.2) is 0 Å². The molecule has 0 fully saturated rings. The van der Waals surface area contributed by atoms with Crippen LogP contribution >= 0.6 is 0 Å². The van der Waals surface area contributed by atoms with E-state index in [1.807, 2.05) is 32.0 Å². The van der Waals surface area contributed by atoms with Crippen LogP contribution in [0.5, 0.6) is 0 Å². The first-order chi connectivity index (χ1) is 8.76. The molecule has 1 aromatic carbocycles. The Balaban J connectivity index is -0.0000000954. The molecular formula is C15H35N3O. The molecule has 0 saturated carbocycles. The Labute approximate surface area is 121 Å². The first kappa shape index (κ1) is 22.8. The molecule has 0 aromatic heterocycles. The fourth-order valence-corrected chi connectivity index (χ4v) is 0.996. The zero-order chi connectivity index (χ0) is 14.2. The number of hydrogen-bond acceptors (Lipinski definition) is 3. The van der Waals surface area contributed by atoms with Gasteiger partial charge in [-0.3, -0.25) is 4.79 Å². The van der Waals surface area contributed by atoms with Gasteiger partial charge in [-0.1, -0.05) is 52.3 Å². The average Bonchev–Trinajstić information content (AvgIpc) is 2.43. The van der Waals surface area contributed by atoms with Gasteiger partial charge in [0.2, 0.25) is 0 Å². The van der Waals surface area contributed by atoms with Crippen molar-refractivity contribution in [2.45, 2.75) is 40.5 Å². The van der Waals surface area contributed by atoms with E-state index in [-0.39, 0.29) is 14.9 Å². The Bertz CT molecular complexity index is 286. The van der Waals surface area contributed by atoms with Crippen LogP contribution in [0, 0.1) is 0 Å². The molecule has 0 aliphatic carbocycles. The number of carbonyl (C=O) groups is 1. The van der Waals surface area contributed by atoms with Crippen LogP contribution in [0.1, 0.15) is 53.7 Å². The van der Waals surface area contributed by atoms with Gasteiger partial charge in [-0.05, 0) is 25.1 Å². The summed E-state index contributed by atoms with van der Waals surface area (Å²) < 4.78 is 0. The Morgan fingerprint density at radius 2 is 1.68 bits per heavy atom. The number of hydrogen-bond donors (Lipinski definition) is 3. The quantitative estimate of drug-likeness (QED) is 0.727. The summed E-state index contributed by atoms with van der Waals surface area (Å²) in [6.45, 7) is 9.50. The summed E-state index contributed by atoms with van der Waals surface area (Å²) in [5, 5.41) is 2.78. The lowest BCUT2D eigenvalue weighted by Crippen LogP contribution is -2.25. The van der Waals surface area contributed by atoms with E-state index >= 15 is 0 Å². The van der Waals surface area contributed by atoms with Crippen molar-refractivity contribution in [3.8, 4) is 0 Å². The standard InChI is InChI=1S/C10H14N2O.C3H8.C2H6.H3N.2H2/c11-7-4-8-12-10(13)9-5-2-1-3-6-9;1-3-2;1-2;;;/h1-3,5-6H,4,7-8,11H2,(H,12,13);3H2,1-2H3;1-2H3;1H3;2*1H. The molecule has 0 heterocycles. The van der Waals surface area contributed by atoms with Crippen molar-refractivity contribution in [3.05, 3.63) is 35.9 Å². The minimum atomic E-state index is -0.0333. The van der Waals surface area contributed by atoms with E-state index in [0.717, 1.165) is 6.42 Å². The maximum Gasteiger partial charge on any atom is 0.251 e. The predicted molar refractivity (Wildman–Crippen MR) is 89.0 cm³/mol. The van der Waals surface area contributed by atoms with Crippen LogP contribution in [-0.4, -0.2) is 19.0 Å². The molecule has 0 spiro atoms. The molecule has 0 atom stereocenters. The van der Waals surface area contributed by atoms with Crippen molar-refractivity contribution in [2.24, 2.45) is 5.73 Å². The average molecular weight is 273 g/mol. The SMILES string of the molecule is CC.CCC.N.NCCCNC(=O)c1ccccc1.[HH].[HH]. The van der Waals surface area contributed by atoms with Gasteiger partial charge in [0, 0.05) is 15.0 Å². The van der Waals surface area contributed by atoms with Crippen molar-refractivity contribution >= 4 is 5.91 Å². The van der Waals surface area contributed by atoms with Crippen molar-refractivity contribution in [3.63, 3.8) is 0 Å². The van der Waals surface area contributed by atoms with Crippen LogP contribution in [0.2, 0.25) is 0 Å². The summed E-state index contributed by atoms with van der Waals surface area (Å²) in [5.74, 6) is -0.0333. The van der Waals surface area contributed by atoms with Gasteiger partial charge in [0.05, 0.1) is 0 Å².